The molecule has 26 heavy (non-hydrogen) atoms. The minimum atomic E-state index is 0.0290. The molecule has 140 valence electrons. The van der Waals surface area contributed by atoms with Gasteiger partial charge in [-0.1, -0.05) is 6.08 Å². The van der Waals surface area contributed by atoms with Crippen LogP contribution in [0.2, 0.25) is 0 Å². The predicted octanol–water partition coefficient (Wildman–Crippen LogP) is 2.75. The molecule has 0 unspecified atom stereocenters. The van der Waals surface area contributed by atoms with E-state index in [1.54, 1.807) is 7.11 Å². The van der Waals surface area contributed by atoms with Gasteiger partial charge < -0.3 is 14.5 Å². The molecule has 1 aromatic carbocycles. The molecule has 2 amide bonds. The maximum atomic E-state index is 13.0. The Kier molecular flexibility index (Phi) is 5.35. The molecule has 5 heteroatoms. The minimum Gasteiger partial charge on any atom is -0.496 e. The Bertz CT molecular complexity index is 715. The first kappa shape index (κ1) is 18.5. The third-order valence-electron chi connectivity index (χ3n) is 5.95. The molecular formula is C21H28N2O3. The van der Waals surface area contributed by atoms with Crippen LogP contribution in [0.3, 0.4) is 0 Å². The summed E-state index contributed by atoms with van der Waals surface area (Å²) in [5.41, 5.74) is 1.64. The fraction of sp³-hybridized carbons (Fsp3) is 0.524. The Hall–Kier alpha value is -2.30. The number of hydrogen-bond donors (Lipinski definition) is 0. The number of carbonyl (C=O) groups excluding carboxylic acids is 2. The molecule has 0 aromatic heterocycles. The lowest BCUT2D eigenvalue weighted by Crippen LogP contribution is -2.39. The average Bonchev–Trinajstić information content (AvgIpc) is 3.03. The molecule has 1 saturated heterocycles. The van der Waals surface area contributed by atoms with Crippen molar-refractivity contribution in [3.8, 4) is 5.75 Å². The number of methoxy groups -OCH3 is 1. The average molecular weight is 356 g/mol. The van der Waals surface area contributed by atoms with E-state index in [9.17, 15) is 9.59 Å². The van der Waals surface area contributed by atoms with Crippen LogP contribution in [0, 0.1) is 11.8 Å². The Morgan fingerprint density at radius 1 is 1.38 bits per heavy atom. The zero-order valence-electron chi connectivity index (χ0n) is 15.9. The molecule has 3 atom stereocenters. The van der Waals surface area contributed by atoms with Crippen molar-refractivity contribution in [2.75, 3.05) is 27.7 Å². The van der Waals surface area contributed by atoms with Gasteiger partial charge >= 0.3 is 0 Å². The van der Waals surface area contributed by atoms with Crippen LogP contribution in [0.4, 0.5) is 0 Å². The summed E-state index contributed by atoms with van der Waals surface area (Å²) in [7, 11) is 5.39. The number of benzene rings is 1. The van der Waals surface area contributed by atoms with E-state index in [1.807, 2.05) is 48.2 Å². The van der Waals surface area contributed by atoms with Crippen LogP contribution in [0.1, 0.15) is 35.2 Å². The van der Waals surface area contributed by atoms with Crippen molar-refractivity contribution in [1.82, 2.24) is 9.80 Å². The van der Waals surface area contributed by atoms with Crippen LogP contribution < -0.4 is 4.74 Å². The number of fused-ring (bicyclic) bond motifs is 1. The third-order valence-corrected chi connectivity index (χ3v) is 5.95. The van der Waals surface area contributed by atoms with E-state index in [0.717, 1.165) is 30.7 Å². The monoisotopic (exact) mass is 356 g/mol. The number of rotatable bonds is 5. The van der Waals surface area contributed by atoms with E-state index in [4.69, 9.17) is 4.74 Å². The Morgan fingerprint density at radius 2 is 2.12 bits per heavy atom. The van der Waals surface area contributed by atoms with Crippen molar-refractivity contribution in [1.29, 1.82) is 0 Å². The Labute approximate surface area is 155 Å². The van der Waals surface area contributed by atoms with Crippen molar-refractivity contribution >= 4 is 11.8 Å². The normalized spacial score (nSPS) is 25.0. The molecule has 0 N–H and O–H groups in total. The molecule has 1 aliphatic carbocycles. The molecule has 0 radical (unpaired) electrons. The molecule has 1 aliphatic heterocycles. The molecule has 2 fully saturated rings. The SMILES string of the molecule is C=CCc1cc(C(=O)N(C)[C@@H]2C[C@@H]3CC(=O)N(C)C[C@@H]3C2)ccc1OC. The van der Waals surface area contributed by atoms with Crippen molar-refractivity contribution < 1.29 is 14.3 Å². The minimum absolute atomic E-state index is 0.0290. The van der Waals surface area contributed by atoms with Crippen LogP contribution in [-0.4, -0.2) is 55.4 Å². The number of amides is 2. The summed E-state index contributed by atoms with van der Waals surface area (Å²) in [6, 6.07) is 5.77. The van der Waals surface area contributed by atoms with E-state index in [0.29, 0.717) is 30.2 Å². The number of nitrogens with zero attached hydrogens (tertiary/aromatic N) is 2. The van der Waals surface area contributed by atoms with Gasteiger partial charge in [0, 0.05) is 38.7 Å². The number of carbonyl (C=O) groups is 2. The number of ether oxygens (including phenoxy) is 1. The summed E-state index contributed by atoms with van der Waals surface area (Å²) in [6.45, 7) is 4.59. The first-order valence-corrected chi connectivity index (χ1v) is 9.23. The molecule has 1 saturated carbocycles. The second-order valence-corrected chi connectivity index (χ2v) is 7.56. The van der Waals surface area contributed by atoms with Crippen molar-refractivity contribution in [3.05, 3.63) is 42.0 Å². The summed E-state index contributed by atoms with van der Waals surface area (Å²) in [5, 5.41) is 0. The van der Waals surface area contributed by atoms with E-state index in [-0.39, 0.29) is 17.9 Å². The quantitative estimate of drug-likeness (QED) is 0.762. The highest BCUT2D eigenvalue weighted by atomic mass is 16.5. The van der Waals surface area contributed by atoms with Crippen LogP contribution in [-0.2, 0) is 11.2 Å². The zero-order chi connectivity index (χ0) is 18.8. The van der Waals surface area contributed by atoms with Gasteiger partial charge in [0.1, 0.15) is 5.75 Å². The fourth-order valence-corrected chi connectivity index (χ4v) is 4.40. The summed E-state index contributed by atoms with van der Waals surface area (Å²) in [5.74, 6) is 1.94. The van der Waals surface area contributed by atoms with E-state index in [2.05, 4.69) is 6.58 Å². The van der Waals surface area contributed by atoms with Gasteiger partial charge in [0.25, 0.3) is 5.91 Å². The highest BCUT2D eigenvalue weighted by molar-refractivity contribution is 5.94. The fourth-order valence-electron chi connectivity index (χ4n) is 4.40. The highest BCUT2D eigenvalue weighted by Crippen LogP contribution is 2.40. The largest absolute Gasteiger partial charge is 0.496 e. The lowest BCUT2D eigenvalue weighted by molar-refractivity contribution is -0.134. The maximum Gasteiger partial charge on any atom is 0.253 e. The number of hydrogen-bond acceptors (Lipinski definition) is 3. The highest BCUT2D eigenvalue weighted by Gasteiger charge is 2.42. The lowest BCUT2D eigenvalue weighted by Gasteiger charge is -2.31. The van der Waals surface area contributed by atoms with E-state index >= 15 is 0 Å². The van der Waals surface area contributed by atoms with E-state index < -0.39 is 0 Å². The van der Waals surface area contributed by atoms with Crippen LogP contribution >= 0.6 is 0 Å². The maximum absolute atomic E-state index is 13.0. The summed E-state index contributed by atoms with van der Waals surface area (Å²) >= 11 is 0. The molecule has 1 heterocycles. The second-order valence-electron chi connectivity index (χ2n) is 7.56. The van der Waals surface area contributed by atoms with Gasteiger partial charge in [-0.05, 0) is 54.9 Å². The second kappa shape index (κ2) is 7.52. The molecular weight excluding hydrogens is 328 g/mol. The van der Waals surface area contributed by atoms with Crippen LogP contribution in [0.5, 0.6) is 5.75 Å². The zero-order valence-corrected chi connectivity index (χ0v) is 15.9. The lowest BCUT2D eigenvalue weighted by atomic mass is 9.88. The number of piperidine rings is 1. The van der Waals surface area contributed by atoms with E-state index in [1.165, 1.54) is 0 Å². The Morgan fingerprint density at radius 3 is 2.81 bits per heavy atom. The summed E-state index contributed by atoms with van der Waals surface area (Å²) in [4.78, 5) is 28.7. The van der Waals surface area contributed by atoms with Crippen LogP contribution in [0.25, 0.3) is 0 Å². The molecule has 0 spiro atoms. The summed E-state index contributed by atoms with van der Waals surface area (Å²) < 4.78 is 5.37. The smallest absolute Gasteiger partial charge is 0.253 e. The van der Waals surface area contributed by atoms with Gasteiger partial charge in [0.2, 0.25) is 5.91 Å². The topological polar surface area (TPSA) is 49.9 Å². The first-order valence-electron chi connectivity index (χ1n) is 9.23. The first-order chi connectivity index (χ1) is 12.4. The summed E-state index contributed by atoms with van der Waals surface area (Å²) in [6.07, 6.45) is 4.98. The van der Waals surface area contributed by atoms with Gasteiger partial charge in [-0.2, -0.15) is 0 Å². The third kappa shape index (κ3) is 3.48. The van der Waals surface area contributed by atoms with Crippen molar-refractivity contribution in [2.45, 2.75) is 31.7 Å². The standard InChI is InChI=1S/C21H28N2O3/c1-5-6-14-9-15(7-8-19(14)26-4)21(25)23(3)18-10-16-12-20(24)22(2)13-17(16)11-18/h5,7-9,16-18H,1,6,10-13H2,2-4H3/t16-,17+,18-/m1/s1. The van der Waals surface area contributed by atoms with Gasteiger partial charge in [0.05, 0.1) is 7.11 Å². The molecule has 1 aromatic rings. The van der Waals surface area contributed by atoms with Gasteiger partial charge in [-0.25, -0.2) is 0 Å². The van der Waals surface area contributed by atoms with Crippen molar-refractivity contribution in [3.63, 3.8) is 0 Å². The number of allylic oxidation sites excluding steroid dienone is 1. The Balaban J connectivity index is 1.73. The predicted molar refractivity (Wildman–Crippen MR) is 101 cm³/mol. The molecule has 2 aliphatic rings. The van der Waals surface area contributed by atoms with Gasteiger partial charge in [0.15, 0.2) is 0 Å². The molecule has 0 bridgehead atoms. The van der Waals surface area contributed by atoms with Gasteiger partial charge in [-0.15, -0.1) is 6.58 Å². The van der Waals surface area contributed by atoms with Crippen molar-refractivity contribution in [2.24, 2.45) is 11.8 Å². The molecule has 3 rings (SSSR count). The molecule has 5 nitrogen and oxygen atoms in total. The van der Waals surface area contributed by atoms with Gasteiger partial charge in [-0.3, -0.25) is 9.59 Å². The van der Waals surface area contributed by atoms with Crippen LogP contribution in [0.15, 0.2) is 30.9 Å². The number of likely N-dealkylation sites (tertiary alicyclic amines) is 1.